The van der Waals surface area contributed by atoms with Crippen LogP contribution in [0, 0.1) is 0 Å². The minimum absolute atomic E-state index is 0.0394. The number of carbonyl (C=O) groups is 2. The second kappa shape index (κ2) is 10.2. The molecule has 0 bridgehead atoms. The van der Waals surface area contributed by atoms with Crippen molar-refractivity contribution >= 4 is 34.9 Å². The maximum Gasteiger partial charge on any atom is 0.264 e. The molecule has 0 saturated carbocycles. The van der Waals surface area contributed by atoms with Crippen molar-refractivity contribution in [3.63, 3.8) is 0 Å². The molecule has 0 radical (unpaired) electrons. The SMILES string of the molecule is CCC1SC(c2ccc(C(C)(C)C)cc2)N(CCN2CCN(C(=O)c3cccs3)CC2)C1=O. The number of rotatable bonds is 6. The van der Waals surface area contributed by atoms with Crippen LogP contribution in [-0.2, 0) is 10.2 Å². The maximum absolute atomic E-state index is 13.1. The van der Waals surface area contributed by atoms with Gasteiger partial charge in [-0.25, -0.2) is 0 Å². The van der Waals surface area contributed by atoms with Gasteiger partial charge in [-0.3, -0.25) is 14.5 Å². The van der Waals surface area contributed by atoms with Gasteiger partial charge in [-0.1, -0.05) is 58.0 Å². The van der Waals surface area contributed by atoms with Crippen LogP contribution in [0.25, 0.3) is 0 Å². The molecular formula is C26H35N3O2S2. The Morgan fingerprint density at radius 3 is 2.30 bits per heavy atom. The molecule has 0 spiro atoms. The minimum Gasteiger partial charge on any atom is -0.335 e. The molecule has 33 heavy (non-hydrogen) atoms. The molecule has 1 aromatic carbocycles. The van der Waals surface area contributed by atoms with E-state index in [0.29, 0.717) is 0 Å². The summed E-state index contributed by atoms with van der Waals surface area (Å²) in [7, 11) is 0. The summed E-state index contributed by atoms with van der Waals surface area (Å²) in [5, 5.41) is 2.07. The molecule has 2 aliphatic heterocycles. The third-order valence-electron chi connectivity index (χ3n) is 6.62. The molecule has 2 amide bonds. The van der Waals surface area contributed by atoms with Gasteiger partial charge in [-0.05, 0) is 34.4 Å². The Morgan fingerprint density at radius 2 is 1.73 bits per heavy atom. The van der Waals surface area contributed by atoms with Crippen molar-refractivity contribution < 1.29 is 9.59 Å². The second-order valence-electron chi connectivity index (χ2n) is 9.90. The predicted octanol–water partition coefficient (Wildman–Crippen LogP) is 4.86. The molecule has 1 aromatic heterocycles. The molecule has 2 aliphatic rings. The van der Waals surface area contributed by atoms with Crippen molar-refractivity contribution in [1.29, 1.82) is 0 Å². The first kappa shape index (κ1) is 24.3. The van der Waals surface area contributed by atoms with Crippen LogP contribution in [0.3, 0.4) is 0 Å². The zero-order valence-electron chi connectivity index (χ0n) is 20.1. The molecule has 0 N–H and O–H groups in total. The lowest BCUT2D eigenvalue weighted by molar-refractivity contribution is -0.130. The fourth-order valence-corrected chi connectivity index (χ4v) is 6.59. The van der Waals surface area contributed by atoms with Gasteiger partial charge in [0.1, 0.15) is 5.37 Å². The first-order chi connectivity index (χ1) is 15.8. The van der Waals surface area contributed by atoms with Gasteiger partial charge in [-0.2, -0.15) is 0 Å². The number of benzene rings is 1. The third-order valence-corrected chi connectivity index (χ3v) is 9.12. The molecule has 5 nitrogen and oxygen atoms in total. The number of hydrogen-bond acceptors (Lipinski definition) is 5. The van der Waals surface area contributed by atoms with Gasteiger partial charge in [0.25, 0.3) is 5.91 Å². The molecule has 2 unspecified atom stereocenters. The molecule has 3 heterocycles. The first-order valence-corrected chi connectivity index (χ1v) is 13.7. The van der Waals surface area contributed by atoms with Crippen LogP contribution in [0.2, 0.25) is 0 Å². The zero-order valence-corrected chi connectivity index (χ0v) is 21.8. The van der Waals surface area contributed by atoms with Crippen LogP contribution in [0.15, 0.2) is 41.8 Å². The van der Waals surface area contributed by atoms with Crippen LogP contribution < -0.4 is 0 Å². The number of hydrogen-bond donors (Lipinski definition) is 0. The summed E-state index contributed by atoms with van der Waals surface area (Å²) in [5.74, 6) is 0.402. The third kappa shape index (κ3) is 5.47. The van der Waals surface area contributed by atoms with E-state index in [1.54, 1.807) is 11.8 Å². The van der Waals surface area contributed by atoms with Crippen LogP contribution in [0.4, 0.5) is 0 Å². The fourth-order valence-electron chi connectivity index (χ4n) is 4.47. The Hall–Kier alpha value is -1.83. The molecule has 178 valence electrons. The van der Waals surface area contributed by atoms with Crippen LogP contribution in [0.1, 0.15) is 60.3 Å². The Balaban J connectivity index is 1.36. The van der Waals surface area contributed by atoms with Crippen LogP contribution in [0.5, 0.6) is 0 Å². The largest absolute Gasteiger partial charge is 0.335 e. The fraction of sp³-hybridized carbons (Fsp3) is 0.538. The molecular weight excluding hydrogens is 450 g/mol. The van der Waals surface area contributed by atoms with Gasteiger partial charge in [0, 0.05) is 39.3 Å². The molecule has 4 rings (SSSR count). The molecule has 0 aliphatic carbocycles. The topological polar surface area (TPSA) is 43.9 Å². The standard InChI is InChI=1S/C26H35N3O2S2/c1-5-21-24(31)29(25(33-21)19-8-10-20(11-9-19)26(2,3)4)17-14-27-12-15-28(16-13-27)23(30)22-7-6-18-32-22/h6-11,18,21,25H,5,12-17H2,1-4H3. The maximum atomic E-state index is 13.1. The predicted molar refractivity (Wildman–Crippen MR) is 138 cm³/mol. The number of carbonyl (C=O) groups excluding carboxylic acids is 2. The van der Waals surface area contributed by atoms with Crippen molar-refractivity contribution in [2.24, 2.45) is 0 Å². The summed E-state index contributed by atoms with van der Waals surface area (Å²) in [6, 6.07) is 12.6. The lowest BCUT2D eigenvalue weighted by Gasteiger charge is -2.36. The van der Waals surface area contributed by atoms with Crippen molar-refractivity contribution in [2.45, 2.75) is 50.2 Å². The number of thiophene rings is 1. The number of amides is 2. The van der Waals surface area contributed by atoms with Crippen LogP contribution >= 0.6 is 23.1 Å². The van der Waals surface area contributed by atoms with Gasteiger partial charge in [0.15, 0.2) is 0 Å². The minimum atomic E-state index is 0.0394. The van der Waals surface area contributed by atoms with E-state index in [1.165, 1.54) is 22.5 Å². The van der Waals surface area contributed by atoms with Gasteiger partial charge in [-0.15, -0.1) is 23.1 Å². The number of piperazine rings is 1. The van der Waals surface area contributed by atoms with Gasteiger partial charge in [0.2, 0.25) is 5.91 Å². The highest BCUT2D eigenvalue weighted by Crippen LogP contribution is 2.44. The van der Waals surface area contributed by atoms with E-state index in [-0.39, 0.29) is 27.9 Å². The van der Waals surface area contributed by atoms with Gasteiger partial charge < -0.3 is 9.80 Å². The van der Waals surface area contributed by atoms with Crippen molar-refractivity contribution in [1.82, 2.24) is 14.7 Å². The quantitative estimate of drug-likeness (QED) is 0.586. The highest BCUT2D eigenvalue weighted by atomic mass is 32.2. The number of thioether (sulfide) groups is 1. The van der Waals surface area contributed by atoms with E-state index in [2.05, 4.69) is 61.8 Å². The van der Waals surface area contributed by atoms with E-state index in [9.17, 15) is 9.59 Å². The summed E-state index contributed by atoms with van der Waals surface area (Å²) in [4.78, 5) is 32.9. The van der Waals surface area contributed by atoms with Crippen LogP contribution in [-0.4, -0.2) is 71.0 Å². The number of nitrogens with zero attached hydrogens (tertiary/aromatic N) is 3. The average Bonchev–Trinajstić information content (AvgIpc) is 3.45. The smallest absolute Gasteiger partial charge is 0.264 e. The summed E-state index contributed by atoms with van der Waals surface area (Å²) < 4.78 is 0. The Kier molecular flexibility index (Phi) is 7.51. The van der Waals surface area contributed by atoms with Gasteiger partial charge in [0.05, 0.1) is 10.1 Å². The molecule has 2 aromatic rings. The molecule has 2 saturated heterocycles. The molecule has 2 fully saturated rings. The molecule has 2 atom stereocenters. The summed E-state index contributed by atoms with van der Waals surface area (Å²) in [5.41, 5.74) is 2.65. The van der Waals surface area contributed by atoms with E-state index in [0.717, 1.165) is 50.6 Å². The molecule has 7 heteroatoms. The second-order valence-corrected chi connectivity index (χ2v) is 12.1. The highest BCUT2D eigenvalue weighted by Gasteiger charge is 2.40. The Labute approximate surface area is 206 Å². The summed E-state index contributed by atoms with van der Waals surface area (Å²) in [6.07, 6.45) is 0.861. The van der Waals surface area contributed by atoms with Crippen molar-refractivity contribution in [3.05, 3.63) is 57.8 Å². The Bertz CT molecular complexity index is 945. The Morgan fingerprint density at radius 1 is 1.03 bits per heavy atom. The van der Waals surface area contributed by atoms with E-state index < -0.39 is 0 Å². The average molecular weight is 486 g/mol. The lowest BCUT2D eigenvalue weighted by Crippen LogP contribution is -2.50. The zero-order chi connectivity index (χ0) is 23.6. The van der Waals surface area contributed by atoms with Gasteiger partial charge >= 0.3 is 0 Å². The first-order valence-electron chi connectivity index (χ1n) is 11.9. The normalized spacial score (nSPS) is 22.2. The van der Waals surface area contributed by atoms with E-state index in [4.69, 9.17) is 0 Å². The van der Waals surface area contributed by atoms with Crippen molar-refractivity contribution in [2.75, 3.05) is 39.3 Å². The summed E-state index contributed by atoms with van der Waals surface area (Å²) >= 11 is 3.29. The van der Waals surface area contributed by atoms with E-state index in [1.807, 2.05) is 22.4 Å². The highest BCUT2D eigenvalue weighted by molar-refractivity contribution is 8.01. The van der Waals surface area contributed by atoms with Crippen molar-refractivity contribution in [3.8, 4) is 0 Å². The van der Waals surface area contributed by atoms with E-state index >= 15 is 0 Å². The summed E-state index contributed by atoms with van der Waals surface area (Å²) in [6.45, 7) is 13.6. The monoisotopic (exact) mass is 485 g/mol. The lowest BCUT2D eigenvalue weighted by atomic mass is 9.86.